The van der Waals surface area contributed by atoms with Gasteiger partial charge in [-0.1, -0.05) is 20.8 Å². The van der Waals surface area contributed by atoms with Crippen LogP contribution in [0.15, 0.2) is 0 Å². The summed E-state index contributed by atoms with van der Waals surface area (Å²) in [5, 5.41) is 0. The number of rotatable bonds is 1. The SMILES string of the molecule is CCC1CCCCN1C(=O)C(=O)N1CC(C)CC(C)C1. The summed E-state index contributed by atoms with van der Waals surface area (Å²) in [5.74, 6) is 0.458. The van der Waals surface area contributed by atoms with Crippen molar-refractivity contribution in [2.24, 2.45) is 11.8 Å². The lowest BCUT2D eigenvalue weighted by Gasteiger charge is -2.38. The van der Waals surface area contributed by atoms with E-state index in [1.54, 1.807) is 4.90 Å². The van der Waals surface area contributed by atoms with E-state index in [9.17, 15) is 9.59 Å². The van der Waals surface area contributed by atoms with Gasteiger partial charge in [-0.15, -0.1) is 0 Å². The van der Waals surface area contributed by atoms with Crippen LogP contribution in [0.1, 0.15) is 52.9 Å². The highest BCUT2D eigenvalue weighted by atomic mass is 16.2. The molecule has 0 aromatic heterocycles. The van der Waals surface area contributed by atoms with Crippen molar-refractivity contribution in [1.82, 2.24) is 9.80 Å². The van der Waals surface area contributed by atoms with Gasteiger partial charge in [0.25, 0.3) is 0 Å². The molecule has 0 N–H and O–H groups in total. The zero-order valence-corrected chi connectivity index (χ0v) is 13.1. The van der Waals surface area contributed by atoms with Gasteiger partial charge in [0, 0.05) is 25.7 Å². The normalized spacial score (nSPS) is 31.2. The van der Waals surface area contributed by atoms with E-state index in [1.165, 1.54) is 6.42 Å². The van der Waals surface area contributed by atoms with Crippen LogP contribution in [0.25, 0.3) is 0 Å². The fourth-order valence-corrected chi connectivity index (χ4v) is 3.78. The van der Waals surface area contributed by atoms with Crippen LogP contribution in [0.3, 0.4) is 0 Å². The van der Waals surface area contributed by atoms with E-state index in [2.05, 4.69) is 20.8 Å². The Morgan fingerprint density at radius 1 is 1.05 bits per heavy atom. The second kappa shape index (κ2) is 6.59. The zero-order chi connectivity index (χ0) is 14.7. The molecule has 3 atom stereocenters. The molecular formula is C16H28N2O2. The molecule has 2 heterocycles. The second-order valence-corrected chi connectivity index (χ2v) is 6.71. The summed E-state index contributed by atoms with van der Waals surface area (Å²) in [6.07, 6.45) is 5.35. The largest absolute Gasteiger partial charge is 0.334 e. The Bertz CT molecular complexity index is 359. The zero-order valence-electron chi connectivity index (χ0n) is 13.1. The fourth-order valence-electron chi connectivity index (χ4n) is 3.78. The van der Waals surface area contributed by atoms with Gasteiger partial charge in [-0.3, -0.25) is 9.59 Å². The average molecular weight is 280 g/mol. The first-order chi connectivity index (χ1) is 9.52. The monoisotopic (exact) mass is 280 g/mol. The molecule has 4 nitrogen and oxygen atoms in total. The molecule has 4 heteroatoms. The molecule has 0 aromatic rings. The van der Waals surface area contributed by atoms with Gasteiger partial charge < -0.3 is 9.80 Å². The Morgan fingerprint density at radius 2 is 1.70 bits per heavy atom. The fraction of sp³-hybridized carbons (Fsp3) is 0.875. The van der Waals surface area contributed by atoms with Crippen LogP contribution in [0.4, 0.5) is 0 Å². The molecule has 2 fully saturated rings. The van der Waals surface area contributed by atoms with E-state index < -0.39 is 0 Å². The molecular weight excluding hydrogens is 252 g/mol. The lowest BCUT2D eigenvalue weighted by atomic mass is 9.91. The maximum Gasteiger partial charge on any atom is 0.312 e. The number of amides is 2. The number of piperidine rings is 2. The van der Waals surface area contributed by atoms with Crippen LogP contribution >= 0.6 is 0 Å². The summed E-state index contributed by atoms with van der Waals surface area (Å²) >= 11 is 0. The Labute approximate surface area is 122 Å². The van der Waals surface area contributed by atoms with Crippen LogP contribution in [0.5, 0.6) is 0 Å². The van der Waals surface area contributed by atoms with Crippen LogP contribution in [0, 0.1) is 11.8 Å². The molecule has 0 saturated carbocycles. The molecule has 2 rings (SSSR count). The van der Waals surface area contributed by atoms with Crippen molar-refractivity contribution >= 4 is 11.8 Å². The molecule has 3 unspecified atom stereocenters. The summed E-state index contributed by atoms with van der Waals surface area (Å²) in [6, 6.07) is 0.264. The Balaban J connectivity index is 2.02. The molecule has 0 radical (unpaired) electrons. The number of hydrogen-bond donors (Lipinski definition) is 0. The van der Waals surface area contributed by atoms with Gasteiger partial charge in [0.05, 0.1) is 0 Å². The third-order valence-electron chi connectivity index (χ3n) is 4.70. The van der Waals surface area contributed by atoms with Gasteiger partial charge in [0.2, 0.25) is 0 Å². The van der Waals surface area contributed by atoms with E-state index in [-0.39, 0.29) is 17.9 Å². The minimum absolute atomic E-state index is 0.264. The number of nitrogens with zero attached hydrogens (tertiary/aromatic N) is 2. The lowest BCUT2D eigenvalue weighted by Crippen LogP contribution is -2.53. The highest BCUT2D eigenvalue weighted by Gasteiger charge is 2.34. The van der Waals surface area contributed by atoms with Crippen LogP contribution in [-0.4, -0.2) is 47.3 Å². The Morgan fingerprint density at radius 3 is 2.30 bits per heavy atom. The molecule has 0 spiro atoms. The van der Waals surface area contributed by atoms with Gasteiger partial charge in [-0.05, 0) is 43.9 Å². The van der Waals surface area contributed by atoms with Gasteiger partial charge in [0.15, 0.2) is 0 Å². The summed E-state index contributed by atoms with van der Waals surface area (Å²) in [6.45, 7) is 8.65. The smallest absolute Gasteiger partial charge is 0.312 e. The Hall–Kier alpha value is -1.06. The van der Waals surface area contributed by atoms with E-state index >= 15 is 0 Å². The molecule has 0 bridgehead atoms. The minimum Gasteiger partial charge on any atom is -0.334 e. The van der Waals surface area contributed by atoms with E-state index in [4.69, 9.17) is 0 Å². The predicted molar refractivity (Wildman–Crippen MR) is 79.2 cm³/mol. The molecule has 20 heavy (non-hydrogen) atoms. The van der Waals surface area contributed by atoms with Gasteiger partial charge in [0.1, 0.15) is 0 Å². The van der Waals surface area contributed by atoms with E-state index in [0.717, 1.165) is 45.3 Å². The van der Waals surface area contributed by atoms with Crippen molar-refractivity contribution in [3.63, 3.8) is 0 Å². The molecule has 2 aliphatic rings. The summed E-state index contributed by atoms with van der Waals surface area (Å²) in [5.41, 5.74) is 0. The number of likely N-dealkylation sites (tertiary alicyclic amines) is 2. The first-order valence-corrected chi connectivity index (χ1v) is 8.12. The number of carbonyl (C=O) groups excluding carboxylic acids is 2. The quantitative estimate of drug-likeness (QED) is 0.691. The topological polar surface area (TPSA) is 40.6 Å². The summed E-state index contributed by atoms with van der Waals surface area (Å²) in [7, 11) is 0. The van der Waals surface area contributed by atoms with Crippen molar-refractivity contribution in [3.8, 4) is 0 Å². The third kappa shape index (κ3) is 3.33. The van der Waals surface area contributed by atoms with Crippen LogP contribution in [-0.2, 0) is 9.59 Å². The maximum absolute atomic E-state index is 12.5. The van der Waals surface area contributed by atoms with Crippen molar-refractivity contribution in [1.29, 1.82) is 0 Å². The predicted octanol–water partition coefficient (Wildman–Crippen LogP) is 2.28. The van der Waals surface area contributed by atoms with Gasteiger partial charge in [-0.2, -0.15) is 0 Å². The van der Waals surface area contributed by atoms with Crippen molar-refractivity contribution in [2.45, 2.75) is 58.9 Å². The molecule has 2 saturated heterocycles. The molecule has 114 valence electrons. The molecule has 2 amide bonds. The van der Waals surface area contributed by atoms with Gasteiger partial charge >= 0.3 is 11.8 Å². The van der Waals surface area contributed by atoms with Crippen LogP contribution in [0.2, 0.25) is 0 Å². The average Bonchev–Trinajstić information content (AvgIpc) is 2.44. The highest BCUT2D eigenvalue weighted by molar-refractivity contribution is 6.35. The van der Waals surface area contributed by atoms with E-state index in [0.29, 0.717) is 11.8 Å². The number of carbonyl (C=O) groups is 2. The minimum atomic E-state index is -0.274. The highest BCUT2D eigenvalue weighted by Crippen LogP contribution is 2.23. The first-order valence-electron chi connectivity index (χ1n) is 8.12. The van der Waals surface area contributed by atoms with Crippen molar-refractivity contribution < 1.29 is 9.59 Å². The van der Waals surface area contributed by atoms with E-state index in [1.807, 2.05) is 4.90 Å². The third-order valence-corrected chi connectivity index (χ3v) is 4.70. The lowest BCUT2D eigenvalue weighted by molar-refractivity contribution is -0.155. The van der Waals surface area contributed by atoms with Gasteiger partial charge in [-0.25, -0.2) is 0 Å². The number of hydrogen-bond acceptors (Lipinski definition) is 2. The second-order valence-electron chi connectivity index (χ2n) is 6.71. The summed E-state index contributed by atoms with van der Waals surface area (Å²) in [4.78, 5) is 28.6. The Kier molecular flexibility index (Phi) is 5.06. The first kappa shape index (κ1) is 15.3. The van der Waals surface area contributed by atoms with Crippen molar-refractivity contribution in [3.05, 3.63) is 0 Å². The van der Waals surface area contributed by atoms with Crippen LogP contribution < -0.4 is 0 Å². The van der Waals surface area contributed by atoms with Crippen molar-refractivity contribution in [2.75, 3.05) is 19.6 Å². The maximum atomic E-state index is 12.5. The molecule has 2 aliphatic heterocycles. The molecule has 0 aliphatic carbocycles. The standard InChI is InChI=1S/C16H28N2O2/c1-4-14-7-5-6-8-18(14)16(20)15(19)17-10-12(2)9-13(3)11-17/h12-14H,4-11H2,1-3H3. The molecule has 0 aromatic carbocycles. The summed E-state index contributed by atoms with van der Waals surface area (Å²) < 4.78 is 0.